The van der Waals surface area contributed by atoms with E-state index < -0.39 is 7.06 Å². The molecule has 0 aliphatic heterocycles. The molecule has 0 saturated heterocycles. The fourth-order valence-corrected chi connectivity index (χ4v) is 5.20. The molecule has 0 saturated carbocycles. The van der Waals surface area contributed by atoms with Crippen molar-refractivity contribution in [1.82, 2.24) is 0 Å². The van der Waals surface area contributed by atoms with Gasteiger partial charge in [0.15, 0.2) is 0 Å². The van der Waals surface area contributed by atoms with Gasteiger partial charge in [-0.25, -0.2) is 0 Å². The predicted octanol–water partition coefficient (Wildman–Crippen LogP) is 2.41. The third-order valence-corrected chi connectivity index (χ3v) is 8.10. The van der Waals surface area contributed by atoms with E-state index in [2.05, 4.69) is 0 Å². The second-order valence-corrected chi connectivity index (χ2v) is 9.10. The molecule has 2 aromatic rings. The standard InChI is InChI=1S/C15H19O2P/c1-13(2)18(16,17,14-9-5-3-6-10-14)15-11-7-4-8-12-15/h3-13,16-17H,1-2H3. The summed E-state index contributed by atoms with van der Waals surface area (Å²) in [5, 5.41) is 1.23. The molecule has 0 fully saturated rings. The zero-order valence-corrected chi connectivity index (χ0v) is 11.6. The Morgan fingerprint density at radius 3 is 1.33 bits per heavy atom. The molecule has 3 heteroatoms. The van der Waals surface area contributed by atoms with Gasteiger partial charge in [0.25, 0.3) is 0 Å². The Hall–Kier alpha value is -1.21. The van der Waals surface area contributed by atoms with E-state index in [1.54, 1.807) is 24.3 Å². The van der Waals surface area contributed by atoms with Gasteiger partial charge in [-0.15, -0.1) is 0 Å². The van der Waals surface area contributed by atoms with E-state index in [4.69, 9.17) is 0 Å². The maximum absolute atomic E-state index is 11.2. The molecule has 96 valence electrons. The van der Waals surface area contributed by atoms with Crippen molar-refractivity contribution in [3.8, 4) is 0 Å². The third kappa shape index (κ3) is 1.87. The Morgan fingerprint density at radius 1 is 0.722 bits per heavy atom. The molecule has 0 spiro atoms. The maximum atomic E-state index is 11.2. The molecule has 0 bridgehead atoms. The molecule has 0 heterocycles. The summed E-state index contributed by atoms with van der Waals surface area (Å²) in [7, 11) is -4.07. The summed E-state index contributed by atoms with van der Waals surface area (Å²) >= 11 is 0. The van der Waals surface area contributed by atoms with Crippen molar-refractivity contribution in [3.05, 3.63) is 60.7 Å². The summed E-state index contributed by atoms with van der Waals surface area (Å²) in [5.41, 5.74) is -0.249. The van der Waals surface area contributed by atoms with Crippen LogP contribution in [0.25, 0.3) is 0 Å². The van der Waals surface area contributed by atoms with Gasteiger partial charge in [-0.3, -0.25) is 0 Å². The first-order valence-electron chi connectivity index (χ1n) is 6.08. The normalized spacial score (nSPS) is 14.2. The summed E-state index contributed by atoms with van der Waals surface area (Å²) < 4.78 is 0. The van der Waals surface area contributed by atoms with E-state index in [-0.39, 0.29) is 5.66 Å². The van der Waals surface area contributed by atoms with Gasteiger partial charge < -0.3 is 0 Å². The second kappa shape index (κ2) is 4.47. The van der Waals surface area contributed by atoms with Gasteiger partial charge in [0.2, 0.25) is 0 Å². The van der Waals surface area contributed by atoms with E-state index >= 15 is 0 Å². The number of hydrogen-bond donors (Lipinski definition) is 2. The van der Waals surface area contributed by atoms with E-state index in [0.29, 0.717) is 10.6 Å². The Kier molecular flexibility index (Phi) is 3.29. The van der Waals surface area contributed by atoms with Gasteiger partial charge in [0.05, 0.1) is 0 Å². The predicted molar refractivity (Wildman–Crippen MR) is 78.6 cm³/mol. The monoisotopic (exact) mass is 262 g/mol. The van der Waals surface area contributed by atoms with Crippen LogP contribution < -0.4 is 10.6 Å². The van der Waals surface area contributed by atoms with E-state index in [9.17, 15) is 9.79 Å². The average molecular weight is 262 g/mol. The summed E-state index contributed by atoms with van der Waals surface area (Å²) in [6.45, 7) is 3.72. The van der Waals surface area contributed by atoms with Crippen LogP contribution in [0, 0.1) is 0 Å². The molecule has 0 unspecified atom stereocenters. The molecule has 2 N–H and O–H groups in total. The van der Waals surface area contributed by atoms with Crippen molar-refractivity contribution in [2.75, 3.05) is 0 Å². The SMILES string of the molecule is CC(C)P(O)(O)(c1ccccc1)c1ccccc1. The van der Waals surface area contributed by atoms with Gasteiger partial charge in [-0.2, -0.15) is 0 Å². The van der Waals surface area contributed by atoms with Gasteiger partial charge in [-0.1, -0.05) is 0 Å². The molecule has 0 amide bonds. The topological polar surface area (TPSA) is 40.5 Å². The molecule has 2 rings (SSSR count). The van der Waals surface area contributed by atoms with Crippen molar-refractivity contribution < 1.29 is 9.79 Å². The summed E-state index contributed by atoms with van der Waals surface area (Å²) in [6.07, 6.45) is 0. The van der Waals surface area contributed by atoms with Crippen molar-refractivity contribution >= 4 is 17.7 Å². The van der Waals surface area contributed by atoms with Crippen LogP contribution in [0.3, 0.4) is 0 Å². The van der Waals surface area contributed by atoms with E-state index in [0.717, 1.165) is 0 Å². The van der Waals surface area contributed by atoms with Crippen LogP contribution in [-0.4, -0.2) is 15.4 Å². The molecular weight excluding hydrogens is 243 g/mol. The molecule has 0 aromatic heterocycles. The molecule has 2 aromatic carbocycles. The number of hydrogen-bond acceptors (Lipinski definition) is 2. The van der Waals surface area contributed by atoms with Crippen LogP contribution in [0.15, 0.2) is 60.7 Å². The fourth-order valence-electron chi connectivity index (χ4n) is 2.19. The quantitative estimate of drug-likeness (QED) is 0.834. The Bertz CT molecular complexity index is 477. The van der Waals surface area contributed by atoms with Crippen molar-refractivity contribution in [2.24, 2.45) is 0 Å². The minimum atomic E-state index is -4.07. The molecule has 2 nitrogen and oxygen atoms in total. The number of benzene rings is 2. The average Bonchev–Trinajstić information content (AvgIpc) is 2.41. The van der Waals surface area contributed by atoms with Crippen LogP contribution in [0.1, 0.15) is 13.8 Å². The van der Waals surface area contributed by atoms with Crippen LogP contribution in [0.2, 0.25) is 0 Å². The molecule has 0 atom stereocenters. The van der Waals surface area contributed by atoms with Crippen LogP contribution >= 0.6 is 7.06 Å². The van der Waals surface area contributed by atoms with Crippen molar-refractivity contribution in [1.29, 1.82) is 0 Å². The second-order valence-electron chi connectivity index (χ2n) is 4.86. The first-order chi connectivity index (χ1) is 8.46. The number of rotatable bonds is 3. The van der Waals surface area contributed by atoms with E-state index in [1.165, 1.54) is 0 Å². The molecule has 0 aliphatic rings. The van der Waals surface area contributed by atoms with Crippen LogP contribution in [0.4, 0.5) is 0 Å². The van der Waals surface area contributed by atoms with Crippen LogP contribution in [-0.2, 0) is 0 Å². The summed E-state index contributed by atoms with van der Waals surface area (Å²) in [6, 6.07) is 18.3. The van der Waals surface area contributed by atoms with Crippen molar-refractivity contribution in [3.63, 3.8) is 0 Å². The molecule has 18 heavy (non-hydrogen) atoms. The minimum absolute atomic E-state index is 0.249. The summed E-state index contributed by atoms with van der Waals surface area (Å²) in [4.78, 5) is 22.4. The van der Waals surface area contributed by atoms with Crippen molar-refractivity contribution in [2.45, 2.75) is 19.5 Å². The molecule has 0 radical (unpaired) electrons. The molecular formula is C15H19O2P. The van der Waals surface area contributed by atoms with Gasteiger partial charge in [0.1, 0.15) is 0 Å². The summed E-state index contributed by atoms with van der Waals surface area (Å²) in [5.74, 6) is 0. The first kappa shape index (κ1) is 13.2. The Labute approximate surface area is 108 Å². The first-order valence-corrected chi connectivity index (χ1v) is 8.29. The van der Waals surface area contributed by atoms with Gasteiger partial charge in [0, 0.05) is 0 Å². The third-order valence-electron chi connectivity index (χ3n) is 3.51. The van der Waals surface area contributed by atoms with Gasteiger partial charge >= 0.3 is 108 Å². The molecule has 0 aliphatic carbocycles. The fraction of sp³-hybridized carbons (Fsp3) is 0.200. The Balaban J connectivity index is 2.72. The van der Waals surface area contributed by atoms with Gasteiger partial charge in [-0.05, 0) is 0 Å². The Morgan fingerprint density at radius 2 is 1.06 bits per heavy atom. The van der Waals surface area contributed by atoms with E-state index in [1.807, 2.05) is 50.2 Å². The zero-order valence-electron chi connectivity index (χ0n) is 10.7. The zero-order chi connectivity index (χ0) is 13.3. The van der Waals surface area contributed by atoms with Crippen LogP contribution in [0.5, 0.6) is 0 Å².